The molecule has 0 unspecified atom stereocenters. The fourth-order valence-electron chi connectivity index (χ4n) is 2.84. The number of allylic oxidation sites excluding steroid dienone is 1. The molecule has 1 aliphatic rings. The van der Waals surface area contributed by atoms with Crippen molar-refractivity contribution in [3.05, 3.63) is 81.6 Å². The number of nitro benzene ring substituents is 1. The van der Waals surface area contributed by atoms with Crippen LogP contribution in [0.2, 0.25) is 0 Å². The third-order valence-corrected chi connectivity index (χ3v) is 4.05. The van der Waals surface area contributed by atoms with E-state index in [0.717, 1.165) is 10.8 Å². The number of benzene rings is 3. The zero-order valence-electron chi connectivity index (χ0n) is 12.8. The Kier molecular flexibility index (Phi) is 3.25. The molecule has 1 heterocycles. The number of carbonyl (C=O) groups is 1. The van der Waals surface area contributed by atoms with Crippen molar-refractivity contribution in [2.45, 2.75) is 0 Å². The second kappa shape index (κ2) is 5.45. The lowest BCUT2D eigenvalue weighted by Crippen LogP contribution is -1.98. The van der Waals surface area contributed by atoms with Crippen molar-refractivity contribution in [1.82, 2.24) is 0 Å². The minimum atomic E-state index is -0.684. The number of fused-ring (bicyclic) bond motifs is 3. The van der Waals surface area contributed by atoms with Crippen LogP contribution >= 0.6 is 0 Å². The Morgan fingerprint density at radius 2 is 1.88 bits per heavy atom. The molecule has 0 aromatic heterocycles. The van der Waals surface area contributed by atoms with E-state index < -0.39 is 16.4 Å². The van der Waals surface area contributed by atoms with Crippen LogP contribution in [-0.4, -0.2) is 15.8 Å². The summed E-state index contributed by atoms with van der Waals surface area (Å²) >= 11 is 0. The highest BCUT2D eigenvalue weighted by atomic mass is 16.6. The standard InChI is InChI=1S/C19H11NO5/c21-16-8-5-11(9-15(16)20(23)24)10-17-18(22)14-7-6-12-3-1-2-4-13(12)19(14)25-17/h1-10,21H/b17-10-. The lowest BCUT2D eigenvalue weighted by molar-refractivity contribution is -0.385. The molecular formula is C19H11NO5. The number of hydrogen-bond acceptors (Lipinski definition) is 5. The number of carbonyl (C=O) groups excluding carboxylic acids is 1. The van der Waals surface area contributed by atoms with Crippen molar-refractivity contribution in [3.63, 3.8) is 0 Å². The van der Waals surface area contributed by atoms with Crippen molar-refractivity contribution in [2.24, 2.45) is 0 Å². The molecule has 122 valence electrons. The summed E-state index contributed by atoms with van der Waals surface area (Å²) in [6.07, 6.45) is 1.43. The van der Waals surface area contributed by atoms with E-state index in [1.165, 1.54) is 24.3 Å². The number of phenols is 1. The van der Waals surface area contributed by atoms with Crippen LogP contribution < -0.4 is 4.74 Å². The van der Waals surface area contributed by atoms with E-state index in [-0.39, 0.29) is 11.5 Å². The van der Waals surface area contributed by atoms with Gasteiger partial charge >= 0.3 is 5.69 Å². The van der Waals surface area contributed by atoms with Gasteiger partial charge in [0.25, 0.3) is 0 Å². The molecule has 0 aliphatic carbocycles. The molecule has 6 heteroatoms. The quantitative estimate of drug-likeness (QED) is 0.434. The van der Waals surface area contributed by atoms with Crippen LogP contribution in [0.25, 0.3) is 16.8 Å². The van der Waals surface area contributed by atoms with E-state index in [1.54, 1.807) is 6.07 Å². The lowest BCUT2D eigenvalue weighted by atomic mass is 10.0. The summed E-state index contributed by atoms with van der Waals surface area (Å²) in [5, 5.41) is 22.2. The van der Waals surface area contributed by atoms with Gasteiger partial charge in [0.1, 0.15) is 5.75 Å². The van der Waals surface area contributed by atoms with Crippen molar-refractivity contribution in [3.8, 4) is 11.5 Å². The Hall–Kier alpha value is -3.67. The van der Waals surface area contributed by atoms with E-state index in [2.05, 4.69) is 0 Å². The summed E-state index contributed by atoms with van der Waals surface area (Å²) in [6, 6.07) is 15.0. The molecule has 6 nitrogen and oxygen atoms in total. The molecule has 0 atom stereocenters. The monoisotopic (exact) mass is 333 g/mol. The van der Waals surface area contributed by atoms with Crippen molar-refractivity contribution >= 4 is 28.3 Å². The smallest absolute Gasteiger partial charge is 0.311 e. The largest absolute Gasteiger partial charge is 0.502 e. The van der Waals surface area contributed by atoms with Gasteiger partial charge in [0.15, 0.2) is 11.5 Å². The van der Waals surface area contributed by atoms with Gasteiger partial charge in [0.05, 0.1) is 10.5 Å². The normalized spacial score (nSPS) is 14.6. The molecular weight excluding hydrogens is 322 g/mol. The van der Waals surface area contributed by atoms with E-state index in [4.69, 9.17) is 4.74 Å². The number of nitrogens with zero attached hydrogens (tertiary/aromatic N) is 1. The van der Waals surface area contributed by atoms with Gasteiger partial charge in [-0.1, -0.05) is 36.4 Å². The lowest BCUT2D eigenvalue weighted by Gasteiger charge is -2.03. The summed E-state index contributed by atoms with van der Waals surface area (Å²) in [5.41, 5.74) is 0.422. The maximum absolute atomic E-state index is 12.6. The van der Waals surface area contributed by atoms with E-state index in [9.17, 15) is 20.0 Å². The third-order valence-electron chi connectivity index (χ3n) is 4.05. The molecule has 3 aromatic rings. The maximum Gasteiger partial charge on any atom is 0.311 e. The van der Waals surface area contributed by atoms with Crippen LogP contribution in [-0.2, 0) is 0 Å². The predicted molar refractivity (Wildman–Crippen MR) is 91.6 cm³/mol. The van der Waals surface area contributed by atoms with Crippen LogP contribution in [0.3, 0.4) is 0 Å². The zero-order valence-corrected chi connectivity index (χ0v) is 12.8. The van der Waals surface area contributed by atoms with Gasteiger partial charge in [-0.15, -0.1) is 0 Å². The first-order valence-corrected chi connectivity index (χ1v) is 7.48. The molecule has 25 heavy (non-hydrogen) atoms. The van der Waals surface area contributed by atoms with Gasteiger partial charge in [0.2, 0.25) is 5.78 Å². The van der Waals surface area contributed by atoms with Crippen LogP contribution in [0.15, 0.2) is 60.4 Å². The van der Waals surface area contributed by atoms with Gasteiger partial charge in [-0.05, 0) is 29.2 Å². The minimum Gasteiger partial charge on any atom is -0.502 e. The van der Waals surface area contributed by atoms with Gasteiger partial charge in [-0.3, -0.25) is 14.9 Å². The molecule has 1 aliphatic heterocycles. The van der Waals surface area contributed by atoms with Crippen LogP contribution in [0.4, 0.5) is 5.69 Å². The number of phenolic OH excluding ortho intramolecular Hbond substituents is 1. The molecule has 0 fully saturated rings. The van der Waals surface area contributed by atoms with Gasteiger partial charge < -0.3 is 9.84 Å². The highest BCUT2D eigenvalue weighted by molar-refractivity contribution is 6.17. The van der Waals surface area contributed by atoms with E-state index >= 15 is 0 Å². The number of ketones is 1. The minimum absolute atomic E-state index is 0.0892. The Bertz CT molecular complexity index is 1080. The molecule has 0 amide bonds. The van der Waals surface area contributed by atoms with Crippen molar-refractivity contribution in [2.75, 3.05) is 0 Å². The average Bonchev–Trinajstić information content (AvgIpc) is 2.93. The van der Waals surface area contributed by atoms with E-state index in [0.29, 0.717) is 16.9 Å². The predicted octanol–water partition coefficient (Wildman–Crippen LogP) is 4.07. The van der Waals surface area contributed by atoms with Gasteiger partial charge in [-0.25, -0.2) is 0 Å². The Balaban J connectivity index is 1.79. The van der Waals surface area contributed by atoms with Crippen molar-refractivity contribution in [1.29, 1.82) is 0 Å². The molecule has 4 rings (SSSR count). The Morgan fingerprint density at radius 3 is 2.68 bits per heavy atom. The maximum atomic E-state index is 12.6. The second-order valence-corrected chi connectivity index (χ2v) is 5.61. The third kappa shape index (κ3) is 2.40. The molecule has 0 saturated heterocycles. The number of ether oxygens (including phenoxy) is 1. The van der Waals surface area contributed by atoms with Gasteiger partial charge in [0, 0.05) is 11.5 Å². The number of nitro groups is 1. The summed E-state index contributed by atoms with van der Waals surface area (Å²) < 4.78 is 5.75. The molecule has 3 aromatic carbocycles. The van der Waals surface area contributed by atoms with Crippen molar-refractivity contribution < 1.29 is 19.6 Å². The average molecular weight is 333 g/mol. The highest BCUT2D eigenvalue weighted by Gasteiger charge is 2.29. The number of aromatic hydroxyl groups is 1. The Labute approximate surface area is 141 Å². The fraction of sp³-hybridized carbons (Fsp3) is 0. The Morgan fingerprint density at radius 1 is 1.08 bits per heavy atom. The molecule has 0 bridgehead atoms. The first-order chi connectivity index (χ1) is 12.0. The zero-order chi connectivity index (χ0) is 17.6. The van der Waals surface area contributed by atoms with Crippen LogP contribution in [0.1, 0.15) is 15.9 Å². The molecule has 0 radical (unpaired) electrons. The van der Waals surface area contributed by atoms with Crippen LogP contribution in [0.5, 0.6) is 11.5 Å². The number of hydrogen-bond donors (Lipinski definition) is 1. The second-order valence-electron chi connectivity index (χ2n) is 5.61. The highest BCUT2D eigenvalue weighted by Crippen LogP contribution is 2.38. The number of rotatable bonds is 2. The topological polar surface area (TPSA) is 89.7 Å². The summed E-state index contributed by atoms with van der Waals surface area (Å²) in [6.45, 7) is 0. The summed E-state index contributed by atoms with van der Waals surface area (Å²) in [5.74, 6) is -0.134. The number of Topliss-reactive ketones (excluding diaryl/α,β-unsaturated/α-hetero) is 1. The first kappa shape index (κ1) is 14.9. The molecule has 0 saturated carbocycles. The first-order valence-electron chi connectivity index (χ1n) is 7.48. The summed E-state index contributed by atoms with van der Waals surface area (Å²) in [7, 11) is 0. The fourth-order valence-corrected chi connectivity index (χ4v) is 2.84. The molecule has 1 N–H and O–H groups in total. The summed E-state index contributed by atoms with van der Waals surface area (Å²) in [4.78, 5) is 22.8. The van der Waals surface area contributed by atoms with E-state index in [1.807, 2.05) is 30.3 Å². The SMILES string of the molecule is O=C1/C(=C/c2ccc(O)c([N+](=O)[O-])c2)Oc2c1ccc1ccccc21. The van der Waals surface area contributed by atoms with Gasteiger partial charge in [-0.2, -0.15) is 0 Å². The van der Waals surface area contributed by atoms with Crippen LogP contribution in [0, 0.1) is 10.1 Å². The molecule has 0 spiro atoms.